The zero-order valence-electron chi connectivity index (χ0n) is 10.0. The summed E-state index contributed by atoms with van der Waals surface area (Å²) in [5, 5.41) is 5.11. The number of amides is 1. The standard InChI is InChI=1S/C12H18N2OS/c1-11(2,3)12(4-5-12)14-10(15)6-9-7-13-16-8-9/h7-8H,4-6H2,1-3H3,(H,14,15). The highest BCUT2D eigenvalue weighted by Crippen LogP contribution is 2.49. The highest BCUT2D eigenvalue weighted by Gasteiger charge is 2.52. The van der Waals surface area contributed by atoms with Gasteiger partial charge in [0.1, 0.15) is 0 Å². The van der Waals surface area contributed by atoms with Crippen LogP contribution in [0.1, 0.15) is 39.2 Å². The Morgan fingerprint density at radius 2 is 2.25 bits per heavy atom. The van der Waals surface area contributed by atoms with Crippen molar-refractivity contribution < 1.29 is 4.79 Å². The van der Waals surface area contributed by atoms with Gasteiger partial charge in [0.25, 0.3) is 0 Å². The van der Waals surface area contributed by atoms with E-state index in [0.29, 0.717) is 6.42 Å². The minimum atomic E-state index is 0.0353. The molecule has 1 aromatic heterocycles. The van der Waals surface area contributed by atoms with Crippen molar-refractivity contribution in [1.29, 1.82) is 0 Å². The van der Waals surface area contributed by atoms with Crippen LogP contribution in [0.3, 0.4) is 0 Å². The predicted octanol–water partition coefficient (Wildman–Crippen LogP) is 2.38. The monoisotopic (exact) mass is 238 g/mol. The van der Waals surface area contributed by atoms with E-state index in [4.69, 9.17) is 0 Å². The van der Waals surface area contributed by atoms with Gasteiger partial charge in [0, 0.05) is 17.1 Å². The zero-order valence-corrected chi connectivity index (χ0v) is 10.9. The Morgan fingerprint density at radius 3 is 2.69 bits per heavy atom. The normalized spacial score (nSPS) is 18.2. The molecule has 0 bridgehead atoms. The van der Waals surface area contributed by atoms with E-state index in [2.05, 4.69) is 30.5 Å². The fourth-order valence-corrected chi connectivity index (χ4v) is 2.53. The third-order valence-corrected chi connectivity index (χ3v) is 4.05. The molecule has 0 atom stereocenters. The van der Waals surface area contributed by atoms with Crippen molar-refractivity contribution in [2.75, 3.05) is 0 Å². The van der Waals surface area contributed by atoms with Crippen LogP contribution < -0.4 is 5.32 Å². The number of carbonyl (C=O) groups is 1. The Kier molecular flexibility index (Phi) is 2.78. The molecule has 0 radical (unpaired) electrons. The van der Waals surface area contributed by atoms with Crippen molar-refractivity contribution in [2.45, 2.75) is 45.6 Å². The van der Waals surface area contributed by atoms with Crippen molar-refractivity contribution in [3.8, 4) is 0 Å². The molecule has 1 aromatic rings. The van der Waals surface area contributed by atoms with Crippen molar-refractivity contribution in [1.82, 2.24) is 9.69 Å². The van der Waals surface area contributed by atoms with Crippen molar-refractivity contribution in [2.24, 2.45) is 5.41 Å². The lowest BCUT2D eigenvalue weighted by molar-refractivity contribution is -0.122. The van der Waals surface area contributed by atoms with Gasteiger partial charge in [-0.25, -0.2) is 4.37 Å². The fraction of sp³-hybridized carbons (Fsp3) is 0.667. The van der Waals surface area contributed by atoms with Crippen LogP contribution in [0.5, 0.6) is 0 Å². The summed E-state index contributed by atoms with van der Waals surface area (Å²) < 4.78 is 4.00. The molecule has 0 unspecified atom stereocenters. The van der Waals surface area contributed by atoms with Gasteiger partial charge in [-0.05, 0) is 35.4 Å². The van der Waals surface area contributed by atoms with Crippen molar-refractivity contribution in [3.05, 3.63) is 17.1 Å². The van der Waals surface area contributed by atoms with Crippen LogP contribution in [-0.2, 0) is 11.2 Å². The van der Waals surface area contributed by atoms with E-state index in [9.17, 15) is 4.79 Å². The lowest BCUT2D eigenvalue weighted by Gasteiger charge is -2.31. The molecule has 1 N–H and O–H groups in total. The summed E-state index contributed by atoms with van der Waals surface area (Å²) in [5.41, 5.74) is 1.19. The molecule has 0 aromatic carbocycles. The number of rotatable bonds is 3. The molecule has 0 aliphatic heterocycles. The van der Waals surface area contributed by atoms with Crippen molar-refractivity contribution >= 4 is 17.4 Å². The molecule has 0 spiro atoms. The van der Waals surface area contributed by atoms with Gasteiger partial charge in [-0.2, -0.15) is 0 Å². The molecule has 3 nitrogen and oxygen atoms in total. The van der Waals surface area contributed by atoms with Crippen LogP contribution in [0, 0.1) is 5.41 Å². The SMILES string of the molecule is CC(C)(C)C1(NC(=O)Cc2cnsc2)CC1. The third kappa shape index (κ3) is 2.26. The third-order valence-electron chi connectivity index (χ3n) is 3.41. The number of carbonyl (C=O) groups excluding carboxylic acids is 1. The number of hydrogen-bond donors (Lipinski definition) is 1. The van der Waals surface area contributed by atoms with Gasteiger partial charge < -0.3 is 5.32 Å². The summed E-state index contributed by atoms with van der Waals surface area (Å²) in [6.45, 7) is 6.56. The molecular weight excluding hydrogens is 220 g/mol. The molecule has 0 saturated heterocycles. The maximum absolute atomic E-state index is 11.9. The number of hydrogen-bond acceptors (Lipinski definition) is 3. The molecule has 1 fully saturated rings. The van der Waals surface area contributed by atoms with E-state index in [1.165, 1.54) is 11.5 Å². The molecule has 88 valence electrons. The zero-order chi connectivity index (χ0) is 11.8. The largest absolute Gasteiger partial charge is 0.350 e. The highest BCUT2D eigenvalue weighted by atomic mass is 32.1. The Hall–Kier alpha value is -0.900. The number of nitrogens with one attached hydrogen (secondary N) is 1. The van der Waals surface area contributed by atoms with Gasteiger partial charge in [0.2, 0.25) is 5.91 Å². The second-order valence-electron chi connectivity index (χ2n) is 5.59. The van der Waals surface area contributed by atoms with E-state index in [1.807, 2.05) is 5.38 Å². The first-order valence-corrected chi connectivity index (χ1v) is 6.46. The van der Waals surface area contributed by atoms with Gasteiger partial charge in [0.05, 0.1) is 6.42 Å². The van der Waals surface area contributed by atoms with Crippen molar-refractivity contribution in [3.63, 3.8) is 0 Å². The van der Waals surface area contributed by atoms with Crippen LogP contribution in [0.15, 0.2) is 11.6 Å². The quantitative estimate of drug-likeness (QED) is 0.878. The average Bonchev–Trinajstić information content (AvgIpc) is 2.75. The van der Waals surface area contributed by atoms with E-state index < -0.39 is 0 Å². The van der Waals surface area contributed by atoms with Crippen LogP contribution in [0.25, 0.3) is 0 Å². The fourth-order valence-electron chi connectivity index (χ4n) is 2.00. The number of aromatic nitrogens is 1. The summed E-state index contributed by atoms with van der Waals surface area (Å²) in [4.78, 5) is 11.9. The Bertz CT molecular complexity index is 374. The minimum Gasteiger partial charge on any atom is -0.350 e. The topological polar surface area (TPSA) is 42.0 Å². The molecule has 16 heavy (non-hydrogen) atoms. The lowest BCUT2D eigenvalue weighted by atomic mass is 9.84. The molecule has 2 rings (SSSR count). The molecule has 4 heteroatoms. The smallest absolute Gasteiger partial charge is 0.224 e. The van der Waals surface area contributed by atoms with Gasteiger partial charge >= 0.3 is 0 Å². The lowest BCUT2D eigenvalue weighted by Crippen LogP contribution is -2.46. The molecule has 1 saturated carbocycles. The Morgan fingerprint density at radius 1 is 1.56 bits per heavy atom. The maximum atomic E-state index is 11.9. The van der Waals surface area contributed by atoms with Gasteiger partial charge in [-0.3, -0.25) is 4.79 Å². The first kappa shape index (κ1) is 11.6. The summed E-state index contributed by atoms with van der Waals surface area (Å²) in [7, 11) is 0. The van der Waals surface area contributed by atoms with E-state index in [0.717, 1.165) is 18.4 Å². The summed E-state index contributed by atoms with van der Waals surface area (Å²) >= 11 is 1.39. The van der Waals surface area contributed by atoms with Gasteiger partial charge in [0.15, 0.2) is 0 Å². The average molecular weight is 238 g/mol. The summed E-state index contributed by atoms with van der Waals surface area (Å²) in [5.74, 6) is 0.118. The minimum absolute atomic E-state index is 0.0353. The Labute approximate surface area is 100 Å². The summed E-state index contributed by atoms with van der Waals surface area (Å²) in [6, 6.07) is 0. The van der Waals surface area contributed by atoms with Crippen LogP contribution in [0.2, 0.25) is 0 Å². The molecule has 1 aliphatic carbocycles. The van der Waals surface area contributed by atoms with Gasteiger partial charge in [-0.15, -0.1) is 0 Å². The van der Waals surface area contributed by atoms with E-state index >= 15 is 0 Å². The summed E-state index contributed by atoms with van der Waals surface area (Å²) in [6.07, 6.45) is 4.42. The second kappa shape index (κ2) is 3.84. The molecular formula is C12H18N2OS. The van der Waals surface area contributed by atoms with Crippen LogP contribution in [-0.4, -0.2) is 15.8 Å². The first-order valence-electron chi connectivity index (χ1n) is 5.62. The number of nitrogens with zero attached hydrogens (tertiary/aromatic N) is 1. The highest BCUT2D eigenvalue weighted by molar-refractivity contribution is 7.03. The van der Waals surface area contributed by atoms with Crippen LogP contribution in [0.4, 0.5) is 0 Å². The predicted molar refractivity (Wildman–Crippen MR) is 65.4 cm³/mol. The Balaban J connectivity index is 1.93. The van der Waals surface area contributed by atoms with Crippen LogP contribution >= 0.6 is 11.5 Å². The van der Waals surface area contributed by atoms with Gasteiger partial charge in [-0.1, -0.05) is 20.8 Å². The van der Waals surface area contributed by atoms with E-state index in [1.54, 1.807) is 6.20 Å². The first-order chi connectivity index (χ1) is 7.43. The molecule has 1 amide bonds. The molecule has 1 heterocycles. The molecule has 1 aliphatic rings. The van der Waals surface area contributed by atoms with E-state index in [-0.39, 0.29) is 16.9 Å². The second-order valence-corrected chi connectivity index (χ2v) is 6.25. The maximum Gasteiger partial charge on any atom is 0.224 e.